The largest absolute Gasteiger partial charge is 0.497 e. The van der Waals surface area contributed by atoms with Crippen LogP contribution in [0.2, 0.25) is 0 Å². The minimum absolute atomic E-state index is 0.198. The maximum Gasteiger partial charge on any atom is 0.279 e. The molecule has 0 bridgehead atoms. The van der Waals surface area contributed by atoms with Gasteiger partial charge in [0.15, 0.2) is 5.69 Å². The lowest BCUT2D eigenvalue weighted by Gasteiger charge is -2.09. The van der Waals surface area contributed by atoms with Gasteiger partial charge in [0.25, 0.3) is 11.4 Å². The number of aryl methyl sites for hydroxylation is 1. The molecule has 0 N–H and O–H groups in total. The van der Waals surface area contributed by atoms with Crippen LogP contribution in [0.3, 0.4) is 0 Å². The van der Waals surface area contributed by atoms with Gasteiger partial charge in [-0.05, 0) is 37.3 Å². The summed E-state index contributed by atoms with van der Waals surface area (Å²) in [4.78, 5) is 17.7. The standard InChI is InChI=1S/C25H20N4O4/c1-15-8-10-17(11-9-15)29-25(30)21-7-5-4-6-20(21)22(27-29)24-26-23(28-33-24)16-12-18(31-2)14-19(13-16)32-3/h4-14H,1-3H3. The summed E-state index contributed by atoms with van der Waals surface area (Å²) in [5.41, 5.74) is 2.59. The second kappa shape index (κ2) is 8.23. The van der Waals surface area contributed by atoms with E-state index in [0.717, 1.165) is 5.56 Å². The van der Waals surface area contributed by atoms with E-state index in [1.54, 1.807) is 38.5 Å². The van der Waals surface area contributed by atoms with Crippen LogP contribution < -0.4 is 15.0 Å². The van der Waals surface area contributed by atoms with Crippen LogP contribution in [0.15, 0.2) is 76.0 Å². The van der Waals surface area contributed by atoms with Crippen LogP contribution in [-0.4, -0.2) is 34.1 Å². The fourth-order valence-electron chi connectivity index (χ4n) is 3.58. The normalized spacial score (nSPS) is 11.0. The van der Waals surface area contributed by atoms with Crippen LogP contribution in [0.25, 0.3) is 39.4 Å². The third kappa shape index (κ3) is 3.71. The highest BCUT2D eigenvalue weighted by atomic mass is 16.5. The van der Waals surface area contributed by atoms with Crippen LogP contribution in [0.4, 0.5) is 0 Å². The number of aromatic nitrogens is 4. The lowest BCUT2D eigenvalue weighted by atomic mass is 10.1. The number of methoxy groups -OCH3 is 2. The first-order valence-corrected chi connectivity index (χ1v) is 10.2. The summed E-state index contributed by atoms with van der Waals surface area (Å²) < 4.78 is 17.6. The Labute approximate surface area is 189 Å². The fourth-order valence-corrected chi connectivity index (χ4v) is 3.58. The predicted molar refractivity (Wildman–Crippen MR) is 124 cm³/mol. The van der Waals surface area contributed by atoms with E-state index in [1.165, 1.54) is 4.68 Å². The lowest BCUT2D eigenvalue weighted by molar-refractivity contribution is 0.394. The summed E-state index contributed by atoms with van der Waals surface area (Å²) >= 11 is 0. The molecule has 164 valence electrons. The molecule has 0 saturated carbocycles. The van der Waals surface area contributed by atoms with Crippen molar-refractivity contribution in [1.82, 2.24) is 19.9 Å². The summed E-state index contributed by atoms with van der Waals surface area (Å²) in [5, 5.41) is 9.87. The van der Waals surface area contributed by atoms with Gasteiger partial charge in [0.1, 0.15) is 11.5 Å². The molecule has 33 heavy (non-hydrogen) atoms. The van der Waals surface area contributed by atoms with Gasteiger partial charge in [0.2, 0.25) is 5.82 Å². The van der Waals surface area contributed by atoms with Gasteiger partial charge in [-0.2, -0.15) is 14.8 Å². The second-order valence-corrected chi connectivity index (χ2v) is 7.47. The van der Waals surface area contributed by atoms with Gasteiger partial charge < -0.3 is 14.0 Å². The molecule has 0 amide bonds. The maximum atomic E-state index is 13.2. The smallest absolute Gasteiger partial charge is 0.279 e. The molecule has 0 aliphatic rings. The number of benzene rings is 3. The minimum Gasteiger partial charge on any atom is -0.497 e. The molecule has 0 saturated heterocycles. The molecule has 0 fully saturated rings. The van der Waals surface area contributed by atoms with E-state index in [0.29, 0.717) is 45.0 Å². The maximum absolute atomic E-state index is 13.2. The van der Waals surface area contributed by atoms with Crippen molar-refractivity contribution in [3.63, 3.8) is 0 Å². The van der Waals surface area contributed by atoms with E-state index in [4.69, 9.17) is 14.0 Å². The highest BCUT2D eigenvalue weighted by Crippen LogP contribution is 2.30. The summed E-state index contributed by atoms with van der Waals surface area (Å²) in [7, 11) is 3.15. The topological polar surface area (TPSA) is 92.3 Å². The first-order chi connectivity index (χ1) is 16.1. The van der Waals surface area contributed by atoms with Crippen LogP contribution in [-0.2, 0) is 0 Å². The number of nitrogens with zero attached hydrogens (tertiary/aromatic N) is 4. The van der Waals surface area contributed by atoms with Gasteiger partial charge in [0, 0.05) is 17.0 Å². The van der Waals surface area contributed by atoms with Crippen molar-refractivity contribution >= 4 is 10.8 Å². The van der Waals surface area contributed by atoms with Gasteiger partial charge in [-0.1, -0.05) is 41.1 Å². The molecule has 0 aliphatic carbocycles. The fraction of sp³-hybridized carbons (Fsp3) is 0.120. The van der Waals surface area contributed by atoms with E-state index in [1.807, 2.05) is 49.4 Å². The Morgan fingerprint density at radius 3 is 2.21 bits per heavy atom. The molecule has 0 radical (unpaired) electrons. The van der Waals surface area contributed by atoms with Gasteiger partial charge >= 0.3 is 0 Å². The zero-order valence-electron chi connectivity index (χ0n) is 18.3. The molecule has 5 rings (SSSR count). The van der Waals surface area contributed by atoms with Crippen molar-refractivity contribution in [2.45, 2.75) is 6.92 Å². The van der Waals surface area contributed by atoms with Gasteiger partial charge in [0.05, 0.1) is 25.3 Å². The average Bonchev–Trinajstić information content (AvgIpc) is 3.35. The molecule has 0 aliphatic heterocycles. The summed E-state index contributed by atoms with van der Waals surface area (Å²) in [6.07, 6.45) is 0. The number of hydrogen-bond donors (Lipinski definition) is 0. The number of rotatable bonds is 5. The third-order valence-corrected chi connectivity index (χ3v) is 5.32. The molecule has 5 aromatic rings. The van der Waals surface area contributed by atoms with Crippen molar-refractivity contribution in [1.29, 1.82) is 0 Å². The second-order valence-electron chi connectivity index (χ2n) is 7.47. The van der Waals surface area contributed by atoms with Gasteiger partial charge in [-0.3, -0.25) is 4.79 Å². The number of hydrogen-bond acceptors (Lipinski definition) is 7. The van der Waals surface area contributed by atoms with Crippen molar-refractivity contribution < 1.29 is 14.0 Å². The van der Waals surface area contributed by atoms with Crippen molar-refractivity contribution in [3.05, 3.63) is 82.6 Å². The highest BCUT2D eigenvalue weighted by molar-refractivity contribution is 5.92. The first-order valence-electron chi connectivity index (χ1n) is 10.2. The van der Waals surface area contributed by atoms with Crippen LogP contribution in [0.5, 0.6) is 11.5 Å². The Bertz CT molecular complexity index is 1500. The van der Waals surface area contributed by atoms with E-state index < -0.39 is 0 Å². The van der Waals surface area contributed by atoms with E-state index in [-0.39, 0.29) is 11.4 Å². The van der Waals surface area contributed by atoms with Gasteiger partial charge in [-0.25, -0.2) is 0 Å². The molecule has 8 nitrogen and oxygen atoms in total. The Hall–Kier alpha value is -4.46. The van der Waals surface area contributed by atoms with E-state index >= 15 is 0 Å². The summed E-state index contributed by atoms with van der Waals surface area (Å²) in [5.74, 6) is 1.75. The van der Waals surface area contributed by atoms with Crippen LogP contribution in [0.1, 0.15) is 5.56 Å². The van der Waals surface area contributed by atoms with Gasteiger partial charge in [-0.15, -0.1) is 0 Å². The van der Waals surface area contributed by atoms with Crippen LogP contribution in [0, 0.1) is 6.92 Å². The Kier molecular flexibility index (Phi) is 5.10. The average molecular weight is 440 g/mol. The lowest BCUT2D eigenvalue weighted by Crippen LogP contribution is -2.22. The first kappa shape index (κ1) is 20.4. The van der Waals surface area contributed by atoms with Crippen LogP contribution >= 0.6 is 0 Å². The molecule has 2 heterocycles. The van der Waals surface area contributed by atoms with Crippen molar-refractivity contribution in [2.24, 2.45) is 0 Å². The quantitative estimate of drug-likeness (QED) is 0.399. The SMILES string of the molecule is COc1cc(OC)cc(-c2noc(-c3nn(-c4ccc(C)cc4)c(=O)c4ccccc34)n2)c1. The van der Waals surface area contributed by atoms with Crippen molar-refractivity contribution in [2.75, 3.05) is 14.2 Å². The number of ether oxygens (including phenoxy) is 2. The number of fused-ring (bicyclic) bond motifs is 1. The van der Waals surface area contributed by atoms with E-state index in [9.17, 15) is 4.79 Å². The monoisotopic (exact) mass is 440 g/mol. The molecule has 0 atom stereocenters. The summed E-state index contributed by atoms with van der Waals surface area (Å²) in [6.45, 7) is 1.99. The molecule has 0 spiro atoms. The Balaban J connectivity index is 1.69. The molecular weight excluding hydrogens is 420 g/mol. The molecule has 3 aromatic carbocycles. The molecular formula is C25H20N4O4. The predicted octanol–water partition coefficient (Wildman–Crippen LogP) is 4.43. The highest BCUT2D eigenvalue weighted by Gasteiger charge is 2.19. The zero-order chi connectivity index (χ0) is 22.9. The third-order valence-electron chi connectivity index (χ3n) is 5.32. The summed E-state index contributed by atoms with van der Waals surface area (Å²) in [6, 6.07) is 20.1. The molecule has 8 heteroatoms. The zero-order valence-corrected chi connectivity index (χ0v) is 18.3. The van der Waals surface area contributed by atoms with Crippen molar-refractivity contribution in [3.8, 4) is 40.2 Å². The Morgan fingerprint density at radius 2 is 1.55 bits per heavy atom. The van der Waals surface area contributed by atoms with E-state index in [2.05, 4.69) is 15.2 Å². The molecule has 0 unspecified atom stereocenters. The Morgan fingerprint density at radius 1 is 0.879 bits per heavy atom. The minimum atomic E-state index is -0.226. The molecule has 2 aromatic heterocycles.